The molecular formula is C32H29Cl2F4N3O2. The van der Waals surface area contributed by atoms with E-state index in [1.165, 1.54) is 11.0 Å². The predicted molar refractivity (Wildman–Crippen MR) is 158 cm³/mol. The fourth-order valence-corrected chi connectivity index (χ4v) is 7.91. The lowest BCUT2D eigenvalue weighted by molar-refractivity contribution is -0.180. The summed E-state index contributed by atoms with van der Waals surface area (Å²) in [5.74, 6) is -1.69. The summed E-state index contributed by atoms with van der Waals surface area (Å²) in [4.78, 5) is 18.2. The summed E-state index contributed by atoms with van der Waals surface area (Å²) >= 11 is 13.2. The number of hydrogen-bond donors (Lipinski definition) is 1. The number of carbonyl (C=O) groups is 1. The average Bonchev–Trinajstić information content (AvgIpc) is 3.38. The van der Waals surface area contributed by atoms with Crippen LogP contribution in [0.4, 0.5) is 28.9 Å². The summed E-state index contributed by atoms with van der Waals surface area (Å²) in [6.45, 7) is 0.120. The molecule has 0 aromatic heterocycles. The monoisotopic (exact) mass is 633 g/mol. The quantitative estimate of drug-likeness (QED) is 0.297. The van der Waals surface area contributed by atoms with E-state index in [0.717, 1.165) is 12.8 Å². The van der Waals surface area contributed by atoms with Crippen LogP contribution >= 0.6 is 23.2 Å². The number of benzene rings is 3. The molecule has 226 valence electrons. The third-order valence-corrected chi connectivity index (χ3v) is 10.6. The topological polar surface area (TPSA) is 47.0 Å². The van der Waals surface area contributed by atoms with Gasteiger partial charge in [-0.2, -0.15) is 13.2 Å². The zero-order chi connectivity index (χ0) is 30.4. The standard InChI is InChI=1S/C32H29Cl2F4N3O2/c1-39(31(22-7-8-23(22)31)29-25(34)3-2-4-26(29)35)27-10-6-17(12-28(27)40-13-19(14-40)32(36,37)38)21-11-18(5-9-24(21)33)30(43)41-15-20(42)16-41/h2-6,9-12,19-20,22-23,42H,7-8,13-16H2,1H3. The zero-order valence-electron chi connectivity index (χ0n) is 23.2. The molecule has 3 aromatic rings. The van der Waals surface area contributed by atoms with Gasteiger partial charge in [0.1, 0.15) is 5.82 Å². The first-order chi connectivity index (χ1) is 20.4. The molecule has 2 heterocycles. The number of anilines is 2. The SMILES string of the molecule is CN(c1ccc(-c2cc(C(=O)N3CC(O)C3)ccc2Cl)cc1N1CC(C(F)(F)F)C1)C1(c2c(F)cccc2Cl)C2CCC21. The van der Waals surface area contributed by atoms with E-state index in [2.05, 4.69) is 0 Å². The van der Waals surface area contributed by atoms with Crippen molar-refractivity contribution in [3.05, 3.63) is 81.6 Å². The minimum absolute atomic E-state index is 0.191. The molecule has 43 heavy (non-hydrogen) atoms. The molecule has 2 atom stereocenters. The van der Waals surface area contributed by atoms with E-state index >= 15 is 4.39 Å². The van der Waals surface area contributed by atoms with E-state index in [4.69, 9.17) is 23.2 Å². The molecule has 2 unspecified atom stereocenters. The molecule has 4 fully saturated rings. The lowest BCUT2D eigenvalue weighted by Gasteiger charge is -2.44. The number of aliphatic hydroxyl groups excluding tert-OH is 1. The second kappa shape index (κ2) is 10.0. The fraction of sp³-hybridized carbons (Fsp3) is 0.406. The van der Waals surface area contributed by atoms with Crippen LogP contribution < -0.4 is 9.80 Å². The molecule has 7 rings (SSSR count). The van der Waals surface area contributed by atoms with Crippen molar-refractivity contribution in [1.82, 2.24) is 4.90 Å². The van der Waals surface area contributed by atoms with Crippen molar-refractivity contribution in [2.45, 2.75) is 30.7 Å². The van der Waals surface area contributed by atoms with Gasteiger partial charge in [0, 0.05) is 60.0 Å². The van der Waals surface area contributed by atoms with Crippen molar-refractivity contribution in [3.8, 4) is 11.1 Å². The molecule has 2 saturated heterocycles. The molecular weight excluding hydrogens is 605 g/mol. The van der Waals surface area contributed by atoms with Gasteiger partial charge in [-0.05, 0) is 72.7 Å². The van der Waals surface area contributed by atoms with Crippen LogP contribution in [0.5, 0.6) is 0 Å². The van der Waals surface area contributed by atoms with E-state index in [-0.39, 0.29) is 43.9 Å². The van der Waals surface area contributed by atoms with Crippen LogP contribution in [0.25, 0.3) is 11.1 Å². The number of likely N-dealkylation sites (tertiary alicyclic amines) is 1. The van der Waals surface area contributed by atoms with Crippen molar-refractivity contribution >= 4 is 40.5 Å². The number of β-amino-alcohol motifs (C(OH)–C–C–N with tert-alkyl or cyclic N) is 1. The minimum atomic E-state index is -4.31. The number of aliphatic hydroxyl groups is 1. The Labute approximate surface area is 256 Å². The Kier molecular flexibility index (Phi) is 6.69. The number of amides is 1. The number of fused-ring (bicyclic) bond motifs is 1. The molecule has 0 bridgehead atoms. The number of halogens is 6. The number of nitrogens with zero attached hydrogens (tertiary/aromatic N) is 3. The largest absolute Gasteiger partial charge is 0.395 e. The summed E-state index contributed by atoms with van der Waals surface area (Å²) in [5.41, 5.74) is 2.60. The van der Waals surface area contributed by atoms with Gasteiger partial charge in [0.2, 0.25) is 0 Å². The van der Waals surface area contributed by atoms with E-state index in [9.17, 15) is 23.1 Å². The average molecular weight is 635 g/mol. The van der Waals surface area contributed by atoms with Crippen molar-refractivity contribution in [2.75, 3.05) is 43.0 Å². The van der Waals surface area contributed by atoms with Crippen molar-refractivity contribution in [3.63, 3.8) is 0 Å². The highest BCUT2D eigenvalue weighted by Gasteiger charge is 2.73. The van der Waals surface area contributed by atoms with E-state index in [0.29, 0.717) is 43.7 Å². The van der Waals surface area contributed by atoms with Gasteiger partial charge >= 0.3 is 6.18 Å². The third-order valence-electron chi connectivity index (χ3n) is 9.91. The summed E-state index contributed by atoms with van der Waals surface area (Å²) in [7, 11) is 1.87. The molecule has 5 nitrogen and oxygen atoms in total. The van der Waals surface area contributed by atoms with E-state index < -0.39 is 29.6 Å². The number of rotatable bonds is 6. The molecule has 0 spiro atoms. The third kappa shape index (κ3) is 4.41. The Hall–Kier alpha value is -3.01. The second-order valence-corrected chi connectivity index (χ2v) is 13.0. The Morgan fingerprint density at radius 1 is 0.977 bits per heavy atom. The molecule has 11 heteroatoms. The number of alkyl halides is 3. The first-order valence-electron chi connectivity index (χ1n) is 14.3. The van der Waals surface area contributed by atoms with Gasteiger partial charge in [-0.25, -0.2) is 4.39 Å². The van der Waals surface area contributed by atoms with Crippen LogP contribution in [0.15, 0.2) is 54.6 Å². The van der Waals surface area contributed by atoms with Crippen LogP contribution in [0.1, 0.15) is 28.8 Å². The highest BCUT2D eigenvalue weighted by atomic mass is 35.5. The van der Waals surface area contributed by atoms with Gasteiger partial charge in [0.25, 0.3) is 5.91 Å². The zero-order valence-corrected chi connectivity index (χ0v) is 24.7. The van der Waals surface area contributed by atoms with Crippen molar-refractivity contribution in [1.29, 1.82) is 0 Å². The summed E-state index contributed by atoms with van der Waals surface area (Å²) in [5, 5.41) is 10.3. The van der Waals surface area contributed by atoms with Crippen LogP contribution in [0.2, 0.25) is 10.0 Å². The first kappa shape index (κ1) is 28.7. The Bertz CT molecular complexity index is 1590. The lowest BCUT2D eigenvalue weighted by Crippen LogP contribution is -2.54. The molecule has 1 N–H and O–H groups in total. The summed E-state index contributed by atoms with van der Waals surface area (Å²) in [6.07, 6.45) is -3.02. The maximum Gasteiger partial charge on any atom is 0.395 e. The maximum atomic E-state index is 15.4. The molecule has 2 aliphatic heterocycles. The normalized spacial score (nSPS) is 25.0. The van der Waals surface area contributed by atoms with Gasteiger partial charge in [-0.1, -0.05) is 35.3 Å². The van der Waals surface area contributed by atoms with Gasteiger partial charge in [0.15, 0.2) is 0 Å². The first-order valence-corrected chi connectivity index (χ1v) is 15.1. The van der Waals surface area contributed by atoms with Gasteiger partial charge in [-0.3, -0.25) is 4.79 Å². The molecule has 2 aliphatic carbocycles. The van der Waals surface area contributed by atoms with Crippen LogP contribution in [0, 0.1) is 23.6 Å². The van der Waals surface area contributed by atoms with Crippen molar-refractivity contribution < 1.29 is 27.5 Å². The number of carbonyl (C=O) groups excluding carboxylic acids is 1. The van der Waals surface area contributed by atoms with Gasteiger partial charge in [0.05, 0.1) is 28.9 Å². The minimum Gasteiger partial charge on any atom is -0.389 e. The Morgan fingerprint density at radius 2 is 1.67 bits per heavy atom. The number of hydrogen-bond acceptors (Lipinski definition) is 4. The fourth-order valence-electron chi connectivity index (χ4n) is 7.37. The Morgan fingerprint density at radius 3 is 2.28 bits per heavy atom. The Balaban J connectivity index is 1.30. The highest BCUT2D eigenvalue weighted by molar-refractivity contribution is 6.33. The van der Waals surface area contributed by atoms with Gasteiger partial charge in [-0.15, -0.1) is 0 Å². The highest BCUT2D eigenvalue weighted by Crippen LogP contribution is 2.74. The molecule has 3 aromatic carbocycles. The predicted octanol–water partition coefficient (Wildman–Crippen LogP) is 6.99. The molecule has 0 radical (unpaired) electrons. The maximum absolute atomic E-state index is 15.4. The smallest absolute Gasteiger partial charge is 0.389 e. The molecule has 4 aliphatic rings. The van der Waals surface area contributed by atoms with Crippen LogP contribution in [-0.4, -0.2) is 61.4 Å². The van der Waals surface area contributed by atoms with Gasteiger partial charge < -0.3 is 19.8 Å². The molecule has 2 saturated carbocycles. The van der Waals surface area contributed by atoms with E-state index in [1.807, 2.05) is 30.1 Å². The second-order valence-electron chi connectivity index (χ2n) is 12.2. The van der Waals surface area contributed by atoms with Crippen molar-refractivity contribution in [2.24, 2.45) is 17.8 Å². The summed E-state index contributed by atoms with van der Waals surface area (Å²) < 4.78 is 56.0. The lowest BCUT2D eigenvalue weighted by atomic mass is 9.94. The summed E-state index contributed by atoms with van der Waals surface area (Å²) in [6, 6.07) is 15.1. The van der Waals surface area contributed by atoms with Crippen LogP contribution in [-0.2, 0) is 5.54 Å². The molecule has 1 amide bonds. The van der Waals surface area contributed by atoms with Crippen LogP contribution in [0.3, 0.4) is 0 Å². The van der Waals surface area contributed by atoms with E-state index in [1.54, 1.807) is 35.2 Å².